The zero-order valence-corrected chi connectivity index (χ0v) is 14.0. The van der Waals surface area contributed by atoms with Crippen LogP contribution in [0, 0.1) is 11.3 Å². The average Bonchev–Trinajstić information content (AvgIpc) is 3.10. The first-order valence-corrected chi connectivity index (χ1v) is 7.86. The number of carbonyl (C=O) groups is 2. The van der Waals surface area contributed by atoms with E-state index in [4.69, 9.17) is 11.6 Å². The summed E-state index contributed by atoms with van der Waals surface area (Å²) >= 11 is 5.76. The number of carbonyl (C=O) groups excluding carboxylic acids is 2. The van der Waals surface area contributed by atoms with Gasteiger partial charge in [0.15, 0.2) is 0 Å². The fraction of sp³-hybridized carbons (Fsp3) is 0. The van der Waals surface area contributed by atoms with Crippen molar-refractivity contribution in [3.63, 3.8) is 0 Å². The van der Waals surface area contributed by atoms with Crippen LogP contribution in [-0.2, 0) is 4.79 Å². The number of anilines is 1. The van der Waals surface area contributed by atoms with Crippen LogP contribution in [0.1, 0.15) is 10.4 Å². The van der Waals surface area contributed by atoms with Gasteiger partial charge in [0.05, 0.1) is 11.7 Å². The van der Waals surface area contributed by atoms with Gasteiger partial charge in [0.2, 0.25) is 0 Å². The quantitative estimate of drug-likeness (QED) is 0.486. The molecular weight excluding hydrogens is 354 g/mol. The number of nitriles is 1. The molecule has 128 valence electrons. The number of H-pyrrole nitrogens is 1. The van der Waals surface area contributed by atoms with Crippen molar-refractivity contribution >= 4 is 40.0 Å². The Bertz CT molecular complexity index is 1050. The highest BCUT2D eigenvalue weighted by Crippen LogP contribution is 2.17. The van der Waals surface area contributed by atoms with E-state index >= 15 is 0 Å². The first-order valence-electron chi connectivity index (χ1n) is 7.48. The molecule has 2 aromatic carbocycles. The highest BCUT2D eigenvalue weighted by Gasteiger charge is 2.14. The molecule has 3 rings (SSSR count). The third-order valence-corrected chi connectivity index (χ3v) is 3.77. The van der Waals surface area contributed by atoms with E-state index in [1.807, 2.05) is 6.07 Å². The van der Waals surface area contributed by atoms with Crippen LogP contribution in [0.15, 0.2) is 60.4 Å². The monoisotopic (exact) mass is 365 g/mol. The molecule has 0 aliphatic heterocycles. The lowest BCUT2D eigenvalue weighted by Gasteiger charge is -2.05. The van der Waals surface area contributed by atoms with Gasteiger partial charge in [-0.25, -0.2) is 0 Å². The van der Waals surface area contributed by atoms with Gasteiger partial charge in [-0.1, -0.05) is 11.6 Å². The highest BCUT2D eigenvalue weighted by molar-refractivity contribution is 6.30. The lowest BCUT2D eigenvalue weighted by Crippen LogP contribution is -2.31. The van der Waals surface area contributed by atoms with E-state index in [2.05, 4.69) is 20.8 Å². The van der Waals surface area contributed by atoms with Gasteiger partial charge in [0, 0.05) is 27.9 Å². The maximum atomic E-state index is 12.1. The predicted octanol–water partition coefficient (Wildman–Crippen LogP) is 2.99. The maximum Gasteiger partial charge on any atom is 0.270 e. The van der Waals surface area contributed by atoms with Crippen molar-refractivity contribution in [3.05, 3.63) is 71.0 Å². The summed E-state index contributed by atoms with van der Waals surface area (Å²) < 4.78 is 0. The maximum absolute atomic E-state index is 12.1. The predicted molar refractivity (Wildman–Crippen MR) is 97.3 cm³/mol. The molecule has 8 heteroatoms. The summed E-state index contributed by atoms with van der Waals surface area (Å²) in [5.74, 6) is -1.42. The van der Waals surface area contributed by atoms with Crippen LogP contribution in [0.25, 0.3) is 10.9 Å². The minimum absolute atomic E-state index is 0.236. The first kappa shape index (κ1) is 17.2. The normalized spacial score (nSPS) is 11.0. The van der Waals surface area contributed by atoms with Gasteiger partial charge >= 0.3 is 0 Å². The number of aromatic nitrogens is 2. The van der Waals surface area contributed by atoms with Crippen molar-refractivity contribution in [3.8, 4) is 6.07 Å². The number of amides is 2. The molecule has 0 radical (unpaired) electrons. The molecule has 7 nitrogen and oxygen atoms in total. The fourth-order valence-corrected chi connectivity index (χ4v) is 2.31. The molecule has 0 saturated carbocycles. The molecule has 0 spiro atoms. The van der Waals surface area contributed by atoms with E-state index in [0.717, 1.165) is 10.9 Å². The molecule has 3 N–H and O–H groups in total. The topological polar surface area (TPSA) is 111 Å². The molecule has 0 fully saturated rings. The number of halogens is 1. The zero-order chi connectivity index (χ0) is 18.5. The van der Waals surface area contributed by atoms with Gasteiger partial charge in [-0.15, -0.1) is 0 Å². The van der Waals surface area contributed by atoms with Crippen molar-refractivity contribution in [2.45, 2.75) is 0 Å². The standard InChI is InChI=1S/C18H12ClN5O2/c19-14-3-1-11(2-4-14)17(25)23-18(26)13(8-20)9-21-15-5-6-16-12(7-15)10-22-24-16/h1-7,9-10,21H,(H,22,24)(H,23,25,26)/b13-9+. The van der Waals surface area contributed by atoms with E-state index < -0.39 is 11.8 Å². The van der Waals surface area contributed by atoms with Gasteiger partial charge < -0.3 is 5.32 Å². The summed E-state index contributed by atoms with van der Waals surface area (Å²) in [5, 5.41) is 22.3. The van der Waals surface area contributed by atoms with Gasteiger partial charge in [-0.05, 0) is 42.5 Å². The van der Waals surface area contributed by atoms with E-state index in [1.165, 1.54) is 30.5 Å². The molecule has 26 heavy (non-hydrogen) atoms. The fourth-order valence-electron chi connectivity index (χ4n) is 2.18. The molecule has 2 amide bonds. The SMILES string of the molecule is N#C/C(=C\Nc1ccc2[nH]ncc2c1)C(=O)NC(=O)c1ccc(Cl)cc1. The summed E-state index contributed by atoms with van der Waals surface area (Å²) in [6.45, 7) is 0. The molecule has 0 unspecified atom stereocenters. The van der Waals surface area contributed by atoms with E-state index in [1.54, 1.807) is 24.4 Å². The largest absolute Gasteiger partial charge is 0.360 e. The van der Waals surface area contributed by atoms with Gasteiger partial charge in [0.25, 0.3) is 11.8 Å². The minimum Gasteiger partial charge on any atom is -0.360 e. The van der Waals surface area contributed by atoms with Crippen LogP contribution in [0.2, 0.25) is 5.02 Å². The first-order chi connectivity index (χ1) is 12.6. The number of imide groups is 1. The second-order valence-corrected chi connectivity index (χ2v) is 5.71. The number of hydrogen-bond donors (Lipinski definition) is 3. The lowest BCUT2D eigenvalue weighted by atomic mass is 10.2. The summed E-state index contributed by atoms with van der Waals surface area (Å²) in [6, 6.07) is 13.2. The number of hydrogen-bond acceptors (Lipinski definition) is 5. The van der Waals surface area contributed by atoms with E-state index in [9.17, 15) is 14.9 Å². The van der Waals surface area contributed by atoms with Crippen molar-refractivity contribution in [1.29, 1.82) is 5.26 Å². The van der Waals surface area contributed by atoms with E-state index in [0.29, 0.717) is 10.7 Å². The minimum atomic E-state index is -0.802. The van der Waals surface area contributed by atoms with Gasteiger partial charge in [-0.2, -0.15) is 10.4 Å². The van der Waals surface area contributed by atoms with Crippen molar-refractivity contribution in [1.82, 2.24) is 15.5 Å². The van der Waals surface area contributed by atoms with Crippen molar-refractivity contribution in [2.24, 2.45) is 0 Å². The molecule has 1 aromatic heterocycles. The van der Waals surface area contributed by atoms with Crippen LogP contribution >= 0.6 is 11.6 Å². The number of nitrogens with one attached hydrogen (secondary N) is 3. The number of fused-ring (bicyclic) bond motifs is 1. The van der Waals surface area contributed by atoms with Crippen LogP contribution < -0.4 is 10.6 Å². The van der Waals surface area contributed by atoms with Crippen molar-refractivity contribution < 1.29 is 9.59 Å². The zero-order valence-electron chi connectivity index (χ0n) is 13.3. The Hall–Kier alpha value is -3.63. The second-order valence-electron chi connectivity index (χ2n) is 5.28. The Kier molecular flexibility index (Phi) is 4.97. The smallest absolute Gasteiger partial charge is 0.270 e. The molecule has 0 atom stereocenters. The van der Waals surface area contributed by atoms with E-state index in [-0.39, 0.29) is 11.1 Å². The number of rotatable bonds is 4. The highest BCUT2D eigenvalue weighted by atomic mass is 35.5. The third kappa shape index (κ3) is 3.88. The van der Waals surface area contributed by atoms with Gasteiger partial charge in [-0.3, -0.25) is 20.0 Å². The molecule has 0 aliphatic rings. The molecule has 1 heterocycles. The van der Waals surface area contributed by atoms with Crippen LogP contribution in [0.4, 0.5) is 5.69 Å². The average molecular weight is 366 g/mol. The van der Waals surface area contributed by atoms with Crippen molar-refractivity contribution in [2.75, 3.05) is 5.32 Å². The van der Waals surface area contributed by atoms with Crippen LogP contribution in [0.3, 0.4) is 0 Å². The number of benzene rings is 2. The molecule has 3 aromatic rings. The number of nitrogens with zero attached hydrogens (tertiary/aromatic N) is 2. The number of aromatic amines is 1. The summed E-state index contributed by atoms with van der Waals surface area (Å²) in [7, 11) is 0. The molecule has 0 saturated heterocycles. The summed E-state index contributed by atoms with van der Waals surface area (Å²) in [4.78, 5) is 24.1. The Morgan fingerprint density at radius 1 is 1.19 bits per heavy atom. The molecule has 0 aliphatic carbocycles. The Morgan fingerprint density at radius 2 is 1.96 bits per heavy atom. The Morgan fingerprint density at radius 3 is 2.69 bits per heavy atom. The van der Waals surface area contributed by atoms with Crippen LogP contribution in [-0.4, -0.2) is 22.0 Å². The van der Waals surface area contributed by atoms with Gasteiger partial charge in [0.1, 0.15) is 11.6 Å². The molecular formula is C18H12ClN5O2. The second kappa shape index (κ2) is 7.51. The Balaban J connectivity index is 1.69. The summed E-state index contributed by atoms with van der Waals surface area (Å²) in [5.41, 5.74) is 1.56. The van der Waals surface area contributed by atoms with Crippen LogP contribution in [0.5, 0.6) is 0 Å². The Labute approximate surface area is 153 Å². The molecule has 0 bridgehead atoms. The third-order valence-electron chi connectivity index (χ3n) is 3.52. The lowest BCUT2D eigenvalue weighted by molar-refractivity contribution is -0.116. The summed E-state index contributed by atoms with van der Waals surface area (Å²) in [6.07, 6.45) is 2.90.